The molecule has 0 atom stereocenters. The number of ether oxygens (including phenoxy) is 1. The van der Waals surface area contributed by atoms with Gasteiger partial charge in [-0.15, -0.1) is 5.10 Å². The Labute approximate surface area is 128 Å². The molecule has 0 unspecified atom stereocenters. The molecule has 0 fully saturated rings. The first-order valence-electron chi connectivity index (χ1n) is 6.73. The van der Waals surface area contributed by atoms with Crippen molar-refractivity contribution >= 4 is 17.4 Å². The van der Waals surface area contributed by atoms with E-state index in [0.29, 0.717) is 22.8 Å². The molecule has 0 saturated carbocycles. The van der Waals surface area contributed by atoms with Crippen molar-refractivity contribution in [2.45, 2.75) is 26.7 Å². The van der Waals surface area contributed by atoms with Crippen LogP contribution in [-0.4, -0.2) is 16.0 Å². The molecule has 21 heavy (non-hydrogen) atoms. The zero-order valence-corrected chi connectivity index (χ0v) is 12.7. The minimum atomic E-state index is -0.0755. The summed E-state index contributed by atoms with van der Waals surface area (Å²) in [5.74, 6) is 0.692. The van der Waals surface area contributed by atoms with Gasteiger partial charge in [-0.2, -0.15) is 5.10 Å². The third-order valence-corrected chi connectivity index (χ3v) is 3.33. The lowest BCUT2D eigenvalue weighted by Gasteiger charge is -2.14. The van der Waals surface area contributed by atoms with Crippen LogP contribution in [0.3, 0.4) is 0 Å². The Morgan fingerprint density at radius 1 is 1.29 bits per heavy atom. The third-order valence-electron chi connectivity index (χ3n) is 3.09. The summed E-state index contributed by atoms with van der Waals surface area (Å²) in [6.07, 6.45) is 1.44. The highest BCUT2D eigenvalue weighted by Gasteiger charge is 2.18. The topological polar surface area (TPSA) is 84.9 Å². The third kappa shape index (κ3) is 3.31. The summed E-state index contributed by atoms with van der Waals surface area (Å²) >= 11 is 5.94. The predicted molar refractivity (Wildman–Crippen MR) is 83.3 cm³/mol. The molecular weight excluding hydrogens is 288 g/mol. The number of nitrogens with zero attached hydrogens (tertiary/aromatic N) is 2. The van der Waals surface area contributed by atoms with E-state index in [-0.39, 0.29) is 11.7 Å². The zero-order valence-electron chi connectivity index (χ0n) is 12.0. The summed E-state index contributed by atoms with van der Waals surface area (Å²) in [6.45, 7) is 3.98. The molecule has 0 spiro atoms. The van der Waals surface area contributed by atoms with Gasteiger partial charge in [0.1, 0.15) is 11.6 Å². The summed E-state index contributed by atoms with van der Waals surface area (Å²) in [5.41, 5.74) is 7.95. The Morgan fingerprint density at radius 3 is 2.62 bits per heavy atom. The summed E-state index contributed by atoms with van der Waals surface area (Å²) in [5, 5.41) is 16.6. The van der Waals surface area contributed by atoms with Gasteiger partial charge >= 0.3 is 0 Å². The lowest BCUT2D eigenvalue weighted by molar-refractivity contribution is 0.451. The van der Waals surface area contributed by atoms with Crippen molar-refractivity contribution in [1.82, 2.24) is 10.2 Å². The Balaban J connectivity index is 2.50. The van der Waals surface area contributed by atoms with Crippen LogP contribution in [0.15, 0.2) is 24.3 Å². The van der Waals surface area contributed by atoms with Gasteiger partial charge < -0.3 is 10.5 Å². The average Bonchev–Trinajstić information content (AvgIpc) is 2.46. The molecule has 3 N–H and O–H groups in total. The molecule has 1 aromatic heterocycles. The molecule has 0 aliphatic heterocycles. The largest absolute Gasteiger partial charge is 0.437 e. The molecule has 0 amide bonds. The first-order chi connectivity index (χ1) is 10.1. The number of aryl methyl sites for hydroxylation is 1. The average molecular weight is 305 g/mol. The molecule has 110 valence electrons. The number of benzene rings is 1. The lowest BCUT2D eigenvalue weighted by Crippen LogP contribution is -2.18. The molecule has 0 radical (unpaired) electrons. The van der Waals surface area contributed by atoms with Crippen LogP contribution in [0.25, 0.3) is 0 Å². The molecule has 0 aliphatic rings. The Kier molecular flexibility index (Phi) is 4.75. The monoisotopic (exact) mass is 304 g/mol. The van der Waals surface area contributed by atoms with Gasteiger partial charge in [-0.1, -0.05) is 31.5 Å². The molecule has 6 heteroatoms. The number of rotatable bonds is 5. The van der Waals surface area contributed by atoms with Crippen molar-refractivity contribution in [3.63, 3.8) is 0 Å². The number of aromatic nitrogens is 2. The predicted octanol–water partition coefficient (Wildman–Crippen LogP) is 3.33. The smallest absolute Gasteiger partial charge is 0.250 e. The Bertz CT molecular complexity index is 673. The minimum Gasteiger partial charge on any atom is -0.437 e. The second-order valence-corrected chi connectivity index (χ2v) is 4.92. The number of halogens is 1. The number of nitrogen functional groups attached to an aromatic ring is 1. The fourth-order valence-electron chi connectivity index (χ4n) is 2.15. The van der Waals surface area contributed by atoms with E-state index in [1.165, 1.54) is 0 Å². The summed E-state index contributed by atoms with van der Waals surface area (Å²) in [7, 11) is 0. The number of hydrogen-bond donors (Lipinski definition) is 2. The van der Waals surface area contributed by atoms with Crippen molar-refractivity contribution in [2.24, 2.45) is 5.73 Å². The zero-order chi connectivity index (χ0) is 15.4. The maximum atomic E-state index is 7.80. The van der Waals surface area contributed by atoms with E-state index in [2.05, 4.69) is 10.2 Å². The number of nitrogens with one attached hydrogen (secondary N) is 1. The van der Waals surface area contributed by atoms with Crippen LogP contribution < -0.4 is 10.5 Å². The molecule has 0 saturated heterocycles. The van der Waals surface area contributed by atoms with Crippen LogP contribution in [0, 0.1) is 5.41 Å². The second kappa shape index (κ2) is 6.54. The SMILES string of the molecule is CCc1nnc(Oc2cccc(Cl)c2)c(C(=N)N)c1CC. The maximum absolute atomic E-state index is 7.80. The number of hydrogen-bond acceptors (Lipinski definition) is 4. The van der Waals surface area contributed by atoms with E-state index in [1.807, 2.05) is 13.8 Å². The molecule has 2 rings (SSSR count). The molecule has 0 aliphatic carbocycles. The van der Waals surface area contributed by atoms with E-state index >= 15 is 0 Å². The van der Waals surface area contributed by atoms with Crippen molar-refractivity contribution in [3.05, 3.63) is 46.1 Å². The molecule has 0 bridgehead atoms. The Morgan fingerprint density at radius 2 is 2.05 bits per heavy atom. The lowest BCUT2D eigenvalue weighted by atomic mass is 10.0. The number of nitrogens with two attached hydrogens (primary N) is 1. The van der Waals surface area contributed by atoms with E-state index in [1.54, 1.807) is 24.3 Å². The van der Waals surface area contributed by atoms with Gasteiger partial charge in [-0.25, -0.2) is 0 Å². The first kappa shape index (κ1) is 15.3. The van der Waals surface area contributed by atoms with Crippen LogP contribution in [0.5, 0.6) is 11.6 Å². The molecule has 1 heterocycles. The summed E-state index contributed by atoms with van der Waals surface area (Å²) in [6, 6.07) is 6.96. The fraction of sp³-hybridized carbons (Fsp3) is 0.267. The molecular formula is C15H17ClN4O. The Hall–Kier alpha value is -2.14. The highest BCUT2D eigenvalue weighted by molar-refractivity contribution is 6.30. The van der Waals surface area contributed by atoms with Gasteiger partial charge in [0.15, 0.2) is 0 Å². The van der Waals surface area contributed by atoms with E-state index < -0.39 is 0 Å². The normalized spacial score (nSPS) is 10.4. The van der Waals surface area contributed by atoms with Gasteiger partial charge in [-0.3, -0.25) is 5.41 Å². The van der Waals surface area contributed by atoms with Crippen molar-refractivity contribution in [1.29, 1.82) is 5.41 Å². The van der Waals surface area contributed by atoms with Gasteiger partial charge in [-0.05, 0) is 36.6 Å². The number of amidine groups is 1. The van der Waals surface area contributed by atoms with Gasteiger partial charge in [0, 0.05) is 5.02 Å². The molecule has 5 nitrogen and oxygen atoms in total. The fourth-order valence-corrected chi connectivity index (χ4v) is 2.33. The first-order valence-corrected chi connectivity index (χ1v) is 7.10. The quantitative estimate of drug-likeness (QED) is 0.655. The van der Waals surface area contributed by atoms with Crippen LogP contribution >= 0.6 is 11.6 Å². The van der Waals surface area contributed by atoms with E-state index in [0.717, 1.165) is 17.7 Å². The van der Waals surface area contributed by atoms with Gasteiger partial charge in [0.2, 0.25) is 5.88 Å². The van der Waals surface area contributed by atoms with Crippen LogP contribution in [-0.2, 0) is 12.8 Å². The van der Waals surface area contributed by atoms with Gasteiger partial charge in [0.05, 0.1) is 11.3 Å². The van der Waals surface area contributed by atoms with Crippen molar-refractivity contribution in [3.8, 4) is 11.6 Å². The highest BCUT2D eigenvalue weighted by Crippen LogP contribution is 2.28. The maximum Gasteiger partial charge on any atom is 0.250 e. The minimum absolute atomic E-state index is 0.0755. The second-order valence-electron chi connectivity index (χ2n) is 4.49. The molecule has 2 aromatic rings. The van der Waals surface area contributed by atoms with Crippen LogP contribution in [0.1, 0.15) is 30.7 Å². The summed E-state index contributed by atoms with van der Waals surface area (Å²) in [4.78, 5) is 0. The summed E-state index contributed by atoms with van der Waals surface area (Å²) < 4.78 is 5.71. The van der Waals surface area contributed by atoms with Gasteiger partial charge in [0.25, 0.3) is 0 Å². The molecule has 1 aromatic carbocycles. The van der Waals surface area contributed by atoms with Crippen molar-refractivity contribution < 1.29 is 4.74 Å². The van der Waals surface area contributed by atoms with Crippen molar-refractivity contribution in [2.75, 3.05) is 0 Å². The van der Waals surface area contributed by atoms with E-state index in [9.17, 15) is 0 Å². The van der Waals surface area contributed by atoms with E-state index in [4.69, 9.17) is 27.5 Å². The van der Waals surface area contributed by atoms with Crippen LogP contribution in [0.4, 0.5) is 0 Å². The van der Waals surface area contributed by atoms with Crippen LogP contribution in [0.2, 0.25) is 5.02 Å². The standard InChI is InChI=1S/C15H17ClN4O/c1-3-11-12(4-2)19-20-15(13(11)14(17)18)21-10-7-5-6-9(16)8-10/h5-8H,3-4H2,1-2H3,(H3,17,18). The highest BCUT2D eigenvalue weighted by atomic mass is 35.5.